The number of hydrogen-bond acceptors (Lipinski definition) is 4. The van der Waals surface area contributed by atoms with Gasteiger partial charge >= 0.3 is 5.97 Å². The highest BCUT2D eigenvalue weighted by Gasteiger charge is 2.44. The molecule has 1 N–H and O–H groups in total. The molecule has 6 heteroatoms. The molecule has 106 valence electrons. The highest BCUT2D eigenvalue weighted by Crippen LogP contribution is 2.31. The van der Waals surface area contributed by atoms with Crippen LogP contribution in [0.1, 0.15) is 18.1 Å². The number of carbonyl (C=O) groups excluding carboxylic acids is 1. The summed E-state index contributed by atoms with van der Waals surface area (Å²) in [5, 5.41) is 6.71. The second-order valence-electron chi connectivity index (χ2n) is 4.81. The number of rotatable bonds is 6. The molecular weight excluding hydrogens is 256 g/mol. The molecule has 0 aliphatic heterocycles. The molecule has 0 saturated heterocycles. The first-order valence-corrected chi connectivity index (χ1v) is 6.72. The summed E-state index contributed by atoms with van der Waals surface area (Å²) in [5.74, 6) is -0.239. The van der Waals surface area contributed by atoms with Crippen molar-refractivity contribution in [1.29, 1.82) is 0 Å². The van der Waals surface area contributed by atoms with Crippen LogP contribution in [0.2, 0.25) is 0 Å². The van der Waals surface area contributed by atoms with Crippen LogP contribution in [0.3, 0.4) is 0 Å². The third-order valence-corrected chi connectivity index (χ3v) is 3.51. The molecule has 1 aliphatic rings. The van der Waals surface area contributed by atoms with E-state index in [2.05, 4.69) is 15.3 Å². The third-order valence-electron chi connectivity index (χ3n) is 3.51. The summed E-state index contributed by atoms with van der Waals surface area (Å²) in [6.45, 7) is 2.92. The van der Waals surface area contributed by atoms with E-state index in [4.69, 9.17) is 10.3 Å². The Hall–Kier alpha value is -2.04. The standard InChI is InChI=1S/C14H18N4O2/c1-2-20-13(19)14(16-7-8-17-18-15)9-11-5-3-4-6-12(11)10-14/h3-6,16H,2,7-10H2,1H3. The van der Waals surface area contributed by atoms with E-state index in [1.807, 2.05) is 24.3 Å². The van der Waals surface area contributed by atoms with Crippen molar-refractivity contribution in [3.63, 3.8) is 0 Å². The minimum atomic E-state index is -0.731. The van der Waals surface area contributed by atoms with E-state index in [0.29, 0.717) is 32.5 Å². The lowest BCUT2D eigenvalue weighted by molar-refractivity contribution is -0.150. The van der Waals surface area contributed by atoms with Gasteiger partial charge in [0.25, 0.3) is 0 Å². The first-order chi connectivity index (χ1) is 9.72. The first-order valence-electron chi connectivity index (χ1n) is 6.72. The summed E-state index contributed by atoms with van der Waals surface area (Å²) in [6, 6.07) is 8.01. The van der Waals surface area contributed by atoms with Gasteiger partial charge in [0.15, 0.2) is 0 Å². The van der Waals surface area contributed by atoms with Crippen molar-refractivity contribution in [2.24, 2.45) is 5.11 Å². The monoisotopic (exact) mass is 274 g/mol. The summed E-state index contributed by atoms with van der Waals surface area (Å²) in [7, 11) is 0. The normalized spacial score (nSPS) is 15.2. The highest BCUT2D eigenvalue weighted by atomic mass is 16.5. The SMILES string of the molecule is CCOC(=O)C1(NCCN=[N+]=[N-])Cc2ccccc2C1. The number of azide groups is 1. The zero-order valence-corrected chi connectivity index (χ0v) is 11.5. The van der Waals surface area contributed by atoms with E-state index in [1.165, 1.54) is 0 Å². The summed E-state index contributed by atoms with van der Waals surface area (Å²) in [6.07, 6.45) is 1.22. The third kappa shape index (κ3) is 2.92. The van der Waals surface area contributed by atoms with Crippen LogP contribution >= 0.6 is 0 Å². The van der Waals surface area contributed by atoms with Crippen molar-refractivity contribution >= 4 is 5.97 Å². The van der Waals surface area contributed by atoms with Crippen molar-refractivity contribution in [3.05, 3.63) is 45.8 Å². The number of nitrogens with zero attached hydrogens (tertiary/aromatic N) is 3. The van der Waals surface area contributed by atoms with Gasteiger partial charge in [0.1, 0.15) is 5.54 Å². The summed E-state index contributed by atoms with van der Waals surface area (Å²) < 4.78 is 5.21. The molecule has 0 bridgehead atoms. The molecule has 1 aromatic carbocycles. The number of benzene rings is 1. The summed E-state index contributed by atoms with van der Waals surface area (Å²) in [5.41, 5.74) is 9.89. The lowest BCUT2D eigenvalue weighted by Gasteiger charge is -2.27. The molecule has 20 heavy (non-hydrogen) atoms. The van der Waals surface area contributed by atoms with Crippen LogP contribution in [0.15, 0.2) is 29.4 Å². The van der Waals surface area contributed by atoms with Crippen LogP contribution in [0.25, 0.3) is 10.4 Å². The molecule has 1 aromatic rings. The molecule has 0 saturated carbocycles. The number of hydrogen-bond donors (Lipinski definition) is 1. The van der Waals surface area contributed by atoms with E-state index in [-0.39, 0.29) is 5.97 Å². The predicted molar refractivity (Wildman–Crippen MR) is 75.2 cm³/mol. The number of nitrogens with one attached hydrogen (secondary N) is 1. The van der Waals surface area contributed by atoms with Gasteiger partial charge in [-0.3, -0.25) is 4.79 Å². The molecule has 0 amide bonds. The highest BCUT2D eigenvalue weighted by molar-refractivity contribution is 5.83. The number of ether oxygens (including phenoxy) is 1. The van der Waals surface area contributed by atoms with Gasteiger partial charge in [-0.05, 0) is 23.6 Å². The van der Waals surface area contributed by atoms with Crippen molar-refractivity contribution in [2.45, 2.75) is 25.3 Å². The molecule has 0 atom stereocenters. The fourth-order valence-electron chi connectivity index (χ4n) is 2.62. The summed E-state index contributed by atoms with van der Waals surface area (Å²) in [4.78, 5) is 15.0. The van der Waals surface area contributed by atoms with Gasteiger partial charge in [0.05, 0.1) is 6.61 Å². The number of carbonyl (C=O) groups is 1. The molecule has 0 aromatic heterocycles. The topological polar surface area (TPSA) is 87.1 Å². The molecule has 0 fully saturated rings. The van der Waals surface area contributed by atoms with Gasteiger partial charge in [0, 0.05) is 30.8 Å². The van der Waals surface area contributed by atoms with E-state index >= 15 is 0 Å². The fourth-order valence-corrected chi connectivity index (χ4v) is 2.62. The molecule has 0 unspecified atom stereocenters. The summed E-state index contributed by atoms with van der Waals surface area (Å²) >= 11 is 0. The minimum Gasteiger partial charge on any atom is -0.465 e. The molecule has 0 spiro atoms. The molecular formula is C14H18N4O2. The second-order valence-corrected chi connectivity index (χ2v) is 4.81. The molecule has 0 radical (unpaired) electrons. The quantitative estimate of drug-likeness (QED) is 0.283. The average Bonchev–Trinajstić information content (AvgIpc) is 2.84. The Morgan fingerprint density at radius 3 is 2.65 bits per heavy atom. The molecule has 6 nitrogen and oxygen atoms in total. The van der Waals surface area contributed by atoms with E-state index in [0.717, 1.165) is 11.1 Å². The van der Waals surface area contributed by atoms with Gasteiger partial charge in [-0.1, -0.05) is 29.4 Å². The Morgan fingerprint density at radius 1 is 1.45 bits per heavy atom. The number of fused-ring (bicyclic) bond motifs is 1. The van der Waals surface area contributed by atoms with Crippen LogP contribution in [0, 0.1) is 0 Å². The van der Waals surface area contributed by atoms with Crippen LogP contribution < -0.4 is 5.32 Å². The first kappa shape index (κ1) is 14.4. The number of esters is 1. The van der Waals surface area contributed by atoms with E-state index < -0.39 is 5.54 Å². The zero-order chi connectivity index (χ0) is 14.4. The Labute approximate surface area is 117 Å². The maximum Gasteiger partial charge on any atom is 0.327 e. The zero-order valence-electron chi connectivity index (χ0n) is 11.5. The predicted octanol–water partition coefficient (Wildman–Crippen LogP) is 1.99. The molecule has 2 rings (SSSR count). The van der Waals surface area contributed by atoms with Crippen LogP contribution in [-0.2, 0) is 22.4 Å². The second kappa shape index (κ2) is 6.41. The van der Waals surface area contributed by atoms with Crippen molar-refractivity contribution < 1.29 is 9.53 Å². The Kier molecular flexibility index (Phi) is 4.61. The van der Waals surface area contributed by atoms with Gasteiger partial charge < -0.3 is 10.1 Å². The lowest BCUT2D eigenvalue weighted by Crippen LogP contribution is -2.54. The van der Waals surface area contributed by atoms with Crippen LogP contribution in [-0.4, -0.2) is 31.2 Å². The Bertz CT molecular complexity index is 513. The molecule has 1 aliphatic carbocycles. The van der Waals surface area contributed by atoms with E-state index in [9.17, 15) is 4.79 Å². The fraction of sp³-hybridized carbons (Fsp3) is 0.500. The Balaban J connectivity index is 2.15. The van der Waals surface area contributed by atoms with E-state index in [1.54, 1.807) is 6.92 Å². The smallest absolute Gasteiger partial charge is 0.327 e. The lowest BCUT2D eigenvalue weighted by atomic mass is 9.95. The van der Waals surface area contributed by atoms with Crippen LogP contribution in [0.5, 0.6) is 0 Å². The van der Waals surface area contributed by atoms with Crippen molar-refractivity contribution in [2.75, 3.05) is 19.7 Å². The Morgan fingerprint density at radius 2 is 2.10 bits per heavy atom. The maximum absolute atomic E-state index is 12.3. The van der Waals surface area contributed by atoms with Gasteiger partial charge in [0.2, 0.25) is 0 Å². The van der Waals surface area contributed by atoms with Gasteiger partial charge in [-0.25, -0.2) is 0 Å². The van der Waals surface area contributed by atoms with Crippen molar-refractivity contribution in [3.8, 4) is 0 Å². The molecule has 0 heterocycles. The van der Waals surface area contributed by atoms with Gasteiger partial charge in [-0.15, -0.1) is 0 Å². The van der Waals surface area contributed by atoms with Gasteiger partial charge in [-0.2, -0.15) is 0 Å². The maximum atomic E-state index is 12.3. The van der Waals surface area contributed by atoms with Crippen molar-refractivity contribution in [1.82, 2.24) is 5.32 Å². The van der Waals surface area contributed by atoms with Crippen LogP contribution in [0.4, 0.5) is 0 Å². The average molecular weight is 274 g/mol. The largest absolute Gasteiger partial charge is 0.465 e. The minimum absolute atomic E-state index is 0.239.